The van der Waals surface area contributed by atoms with Crippen LogP contribution in [0.2, 0.25) is 0 Å². The SMILES string of the molecule is CCCOc1cc(O)c2c(c1)OC(c1ccc(O)c(O)c1)=CC2=C1CCC1. The molecule has 0 aromatic heterocycles. The normalized spacial score (nSPS) is 15.5. The Hall–Kier alpha value is -3.08. The summed E-state index contributed by atoms with van der Waals surface area (Å²) in [6.45, 7) is 2.58. The van der Waals surface area contributed by atoms with Crippen LogP contribution >= 0.6 is 0 Å². The maximum atomic E-state index is 10.6. The first-order chi connectivity index (χ1) is 13.1. The molecule has 0 atom stereocenters. The summed E-state index contributed by atoms with van der Waals surface area (Å²) in [4.78, 5) is 0. The molecule has 5 nitrogen and oxygen atoms in total. The molecule has 1 fully saturated rings. The third-order valence-corrected chi connectivity index (χ3v) is 4.89. The van der Waals surface area contributed by atoms with Gasteiger partial charge in [0.2, 0.25) is 0 Å². The van der Waals surface area contributed by atoms with Crippen molar-refractivity contribution in [1.29, 1.82) is 0 Å². The van der Waals surface area contributed by atoms with E-state index in [1.54, 1.807) is 18.2 Å². The van der Waals surface area contributed by atoms with Gasteiger partial charge in [-0.15, -0.1) is 0 Å². The maximum Gasteiger partial charge on any atom is 0.158 e. The summed E-state index contributed by atoms with van der Waals surface area (Å²) in [6, 6.07) is 8.00. The van der Waals surface area contributed by atoms with Crippen molar-refractivity contribution in [1.82, 2.24) is 0 Å². The van der Waals surface area contributed by atoms with E-state index in [9.17, 15) is 15.3 Å². The molecule has 0 radical (unpaired) electrons. The molecule has 2 aromatic carbocycles. The van der Waals surface area contributed by atoms with E-state index in [4.69, 9.17) is 9.47 Å². The number of allylic oxidation sites excluding steroid dienone is 3. The Kier molecular flexibility index (Phi) is 4.44. The predicted octanol–water partition coefficient (Wildman–Crippen LogP) is 4.96. The monoisotopic (exact) mass is 366 g/mol. The van der Waals surface area contributed by atoms with Crippen LogP contribution in [0.3, 0.4) is 0 Å². The van der Waals surface area contributed by atoms with Crippen LogP contribution in [-0.4, -0.2) is 21.9 Å². The number of aromatic hydroxyl groups is 3. The van der Waals surface area contributed by atoms with Gasteiger partial charge >= 0.3 is 0 Å². The lowest BCUT2D eigenvalue weighted by atomic mass is 9.83. The van der Waals surface area contributed by atoms with E-state index in [0.717, 1.165) is 31.3 Å². The maximum absolute atomic E-state index is 10.6. The zero-order chi connectivity index (χ0) is 19.0. The van der Waals surface area contributed by atoms with Crippen molar-refractivity contribution in [2.75, 3.05) is 6.61 Å². The molecule has 0 saturated heterocycles. The van der Waals surface area contributed by atoms with Crippen LogP contribution in [0.5, 0.6) is 28.7 Å². The number of hydrogen-bond acceptors (Lipinski definition) is 5. The summed E-state index contributed by atoms with van der Waals surface area (Å²) >= 11 is 0. The van der Waals surface area contributed by atoms with Crippen LogP contribution in [0.1, 0.15) is 43.7 Å². The average Bonchev–Trinajstić information content (AvgIpc) is 2.60. The van der Waals surface area contributed by atoms with Gasteiger partial charge in [0.25, 0.3) is 0 Å². The van der Waals surface area contributed by atoms with E-state index in [2.05, 4.69) is 0 Å². The zero-order valence-electron chi connectivity index (χ0n) is 15.2. The summed E-state index contributed by atoms with van der Waals surface area (Å²) in [7, 11) is 0. The minimum Gasteiger partial charge on any atom is -0.507 e. The molecular weight excluding hydrogens is 344 g/mol. The van der Waals surface area contributed by atoms with Crippen molar-refractivity contribution in [3.8, 4) is 28.7 Å². The van der Waals surface area contributed by atoms with E-state index in [1.807, 2.05) is 13.0 Å². The molecule has 3 N–H and O–H groups in total. The molecule has 140 valence electrons. The molecule has 4 rings (SSSR count). The second-order valence-corrected chi connectivity index (χ2v) is 6.85. The van der Waals surface area contributed by atoms with Crippen molar-refractivity contribution in [2.45, 2.75) is 32.6 Å². The molecule has 2 aliphatic rings. The van der Waals surface area contributed by atoms with E-state index in [1.165, 1.54) is 17.7 Å². The van der Waals surface area contributed by atoms with Crippen molar-refractivity contribution < 1.29 is 24.8 Å². The number of fused-ring (bicyclic) bond motifs is 1. The molecule has 0 spiro atoms. The van der Waals surface area contributed by atoms with Gasteiger partial charge in [-0.25, -0.2) is 0 Å². The summed E-state index contributed by atoms with van der Waals surface area (Å²) in [6.07, 6.45) is 5.89. The molecule has 1 saturated carbocycles. The number of phenolic OH excluding ortho intramolecular Hbond substituents is 3. The summed E-state index contributed by atoms with van der Waals surface area (Å²) in [5.41, 5.74) is 3.57. The van der Waals surface area contributed by atoms with Gasteiger partial charge < -0.3 is 24.8 Å². The molecule has 2 aromatic rings. The minimum atomic E-state index is -0.205. The molecule has 0 amide bonds. The third kappa shape index (κ3) is 3.21. The molecular formula is C22H22O5. The molecule has 0 unspecified atom stereocenters. The lowest BCUT2D eigenvalue weighted by Gasteiger charge is -2.27. The largest absolute Gasteiger partial charge is 0.507 e. The van der Waals surface area contributed by atoms with Crippen LogP contribution in [-0.2, 0) is 0 Å². The second-order valence-electron chi connectivity index (χ2n) is 6.85. The van der Waals surface area contributed by atoms with Crippen LogP contribution in [0, 0.1) is 0 Å². The Balaban J connectivity index is 1.81. The molecule has 5 heteroatoms. The smallest absolute Gasteiger partial charge is 0.158 e. The Bertz CT molecular complexity index is 949. The fraction of sp³-hybridized carbons (Fsp3) is 0.273. The second kappa shape index (κ2) is 6.91. The minimum absolute atomic E-state index is 0.136. The van der Waals surface area contributed by atoms with Crippen molar-refractivity contribution in [2.24, 2.45) is 0 Å². The van der Waals surface area contributed by atoms with Gasteiger partial charge in [-0.1, -0.05) is 12.5 Å². The molecule has 27 heavy (non-hydrogen) atoms. The van der Waals surface area contributed by atoms with E-state index < -0.39 is 0 Å². The van der Waals surface area contributed by atoms with E-state index in [0.29, 0.717) is 35.0 Å². The molecule has 0 bridgehead atoms. The summed E-state index contributed by atoms with van der Waals surface area (Å²) in [5.74, 6) is 1.39. The Labute approximate surface area is 157 Å². The van der Waals surface area contributed by atoms with E-state index in [-0.39, 0.29) is 17.2 Å². The van der Waals surface area contributed by atoms with Gasteiger partial charge in [0, 0.05) is 17.7 Å². The lowest BCUT2D eigenvalue weighted by molar-refractivity contribution is 0.313. The molecule has 1 aliphatic carbocycles. The molecule has 1 heterocycles. The van der Waals surface area contributed by atoms with Gasteiger partial charge in [0.05, 0.1) is 12.2 Å². The van der Waals surface area contributed by atoms with E-state index >= 15 is 0 Å². The van der Waals surface area contributed by atoms with Crippen molar-refractivity contribution in [3.05, 3.63) is 53.1 Å². The lowest BCUT2D eigenvalue weighted by Crippen LogP contribution is -2.09. The van der Waals surface area contributed by atoms with Gasteiger partial charge in [-0.3, -0.25) is 0 Å². The van der Waals surface area contributed by atoms with Gasteiger partial charge in [-0.05, 0) is 55.5 Å². The Morgan fingerprint density at radius 3 is 2.48 bits per heavy atom. The number of benzene rings is 2. The molecule has 1 aliphatic heterocycles. The summed E-state index contributed by atoms with van der Waals surface area (Å²) < 4.78 is 11.7. The average molecular weight is 366 g/mol. The van der Waals surface area contributed by atoms with Crippen LogP contribution in [0.25, 0.3) is 11.3 Å². The number of rotatable bonds is 4. The third-order valence-electron chi connectivity index (χ3n) is 4.89. The first-order valence-corrected chi connectivity index (χ1v) is 9.21. The van der Waals surface area contributed by atoms with Gasteiger partial charge in [-0.2, -0.15) is 0 Å². The van der Waals surface area contributed by atoms with Gasteiger partial charge in [0.1, 0.15) is 23.0 Å². The topological polar surface area (TPSA) is 79.2 Å². The van der Waals surface area contributed by atoms with Crippen molar-refractivity contribution >= 4 is 11.3 Å². The standard InChI is InChI=1S/C22H22O5/c1-2-8-26-15-10-19(25)22-16(13-4-3-5-13)12-20(27-21(22)11-15)14-6-7-17(23)18(24)9-14/h6-7,9-12,23-25H,2-5,8H2,1H3. The highest BCUT2D eigenvalue weighted by atomic mass is 16.5. The number of ether oxygens (including phenoxy) is 2. The van der Waals surface area contributed by atoms with Crippen LogP contribution in [0.15, 0.2) is 42.0 Å². The Morgan fingerprint density at radius 2 is 1.81 bits per heavy atom. The van der Waals surface area contributed by atoms with Crippen LogP contribution < -0.4 is 9.47 Å². The number of phenols is 3. The fourth-order valence-corrected chi connectivity index (χ4v) is 3.30. The first kappa shape index (κ1) is 17.3. The highest BCUT2D eigenvalue weighted by molar-refractivity contribution is 5.92. The quantitative estimate of drug-likeness (QED) is 0.666. The summed E-state index contributed by atoms with van der Waals surface area (Å²) in [5, 5.41) is 30.0. The first-order valence-electron chi connectivity index (χ1n) is 9.21. The zero-order valence-corrected chi connectivity index (χ0v) is 15.2. The van der Waals surface area contributed by atoms with Crippen LogP contribution in [0.4, 0.5) is 0 Å². The Morgan fingerprint density at radius 1 is 1.00 bits per heavy atom. The highest BCUT2D eigenvalue weighted by Gasteiger charge is 2.27. The number of hydrogen-bond donors (Lipinski definition) is 3. The van der Waals surface area contributed by atoms with Crippen molar-refractivity contribution in [3.63, 3.8) is 0 Å². The predicted molar refractivity (Wildman–Crippen MR) is 103 cm³/mol. The highest BCUT2D eigenvalue weighted by Crippen LogP contribution is 2.48. The fourth-order valence-electron chi connectivity index (χ4n) is 3.30. The van der Waals surface area contributed by atoms with Gasteiger partial charge in [0.15, 0.2) is 11.5 Å².